The first-order valence-corrected chi connectivity index (χ1v) is 6.31. The number of phenolic OH excluding ortho intramolecular Hbond substituents is 1. The Kier molecular flexibility index (Phi) is 6.02. The number of aliphatic hydroxyl groups excluding tert-OH is 2. The number of rotatable bonds is 6. The van der Waals surface area contributed by atoms with Crippen LogP contribution in [0.25, 0.3) is 0 Å². The predicted molar refractivity (Wildman–Crippen MR) is 70.5 cm³/mol. The van der Waals surface area contributed by atoms with E-state index in [1.165, 1.54) is 19.2 Å². The van der Waals surface area contributed by atoms with Gasteiger partial charge in [0.2, 0.25) is 0 Å². The van der Waals surface area contributed by atoms with E-state index in [9.17, 15) is 15.3 Å². The average Bonchev–Trinajstić information content (AvgIpc) is 2.27. The first-order valence-electron chi connectivity index (χ1n) is 5.43. The number of aliphatic hydroxyl groups is 2. The molecule has 1 aromatic rings. The molecule has 0 aliphatic heterocycles. The van der Waals surface area contributed by atoms with Crippen molar-refractivity contribution in [2.45, 2.75) is 29.9 Å². The van der Waals surface area contributed by atoms with Gasteiger partial charge in [-0.2, -0.15) is 0 Å². The van der Waals surface area contributed by atoms with E-state index in [1.54, 1.807) is 6.07 Å². The van der Waals surface area contributed by atoms with Crippen LogP contribution in [0.3, 0.4) is 0 Å². The van der Waals surface area contributed by atoms with E-state index in [1.807, 2.05) is 0 Å². The number of methoxy groups -OCH3 is 1. The third kappa shape index (κ3) is 4.90. The van der Waals surface area contributed by atoms with Crippen LogP contribution in [0.5, 0.6) is 11.5 Å². The standard InChI is InChI=1S/C12H16Cl2O4/c1-18-10-4-7(2-8(15)5-10)3-9(16)6-11(17)12(13)14/h2,4-5,9,11-12,15-17H,3,6H2,1H3. The van der Waals surface area contributed by atoms with Gasteiger partial charge in [0.1, 0.15) is 16.3 Å². The largest absolute Gasteiger partial charge is 0.508 e. The predicted octanol–water partition coefficient (Wildman–Crippen LogP) is 1.86. The van der Waals surface area contributed by atoms with E-state index in [0.717, 1.165) is 0 Å². The number of benzene rings is 1. The number of hydrogen-bond acceptors (Lipinski definition) is 4. The molecule has 102 valence electrons. The van der Waals surface area contributed by atoms with E-state index in [-0.39, 0.29) is 18.6 Å². The summed E-state index contributed by atoms with van der Waals surface area (Å²) < 4.78 is 5.00. The van der Waals surface area contributed by atoms with Gasteiger partial charge >= 0.3 is 0 Å². The molecule has 3 N–H and O–H groups in total. The Bertz CT molecular complexity index is 384. The fraction of sp³-hybridized carbons (Fsp3) is 0.500. The lowest BCUT2D eigenvalue weighted by Crippen LogP contribution is -2.24. The van der Waals surface area contributed by atoms with Gasteiger partial charge in [-0.3, -0.25) is 0 Å². The van der Waals surface area contributed by atoms with Gasteiger partial charge in [0, 0.05) is 12.5 Å². The van der Waals surface area contributed by atoms with Crippen molar-refractivity contribution in [3.8, 4) is 11.5 Å². The molecule has 2 unspecified atom stereocenters. The van der Waals surface area contributed by atoms with Crippen LogP contribution in [0.1, 0.15) is 12.0 Å². The molecule has 6 heteroatoms. The van der Waals surface area contributed by atoms with Crippen LogP contribution in [0, 0.1) is 0 Å². The fourth-order valence-corrected chi connectivity index (χ4v) is 1.82. The first-order chi connectivity index (χ1) is 8.42. The Morgan fingerprint density at radius 2 is 1.89 bits per heavy atom. The number of phenols is 1. The summed E-state index contributed by atoms with van der Waals surface area (Å²) in [5.74, 6) is 0.565. The minimum atomic E-state index is -0.984. The summed E-state index contributed by atoms with van der Waals surface area (Å²) in [6, 6.07) is 4.70. The van der Waals surface area contributed by atoms with Gasteiger partial charge in [-0.15, -0.1) is 23.2 Å². The maximum atomic E-state index is 9.78. The Morgan fingerprint density at radius 3 is 2.44 bits per heavy atom. The van der Waals surface area contributed by atoms with E-state index in [2.05, 4.69) is 0 Å². The molecule has 0 radical (unpaired) electrons. The SMILES string of the molecule is COc1cc(O)cc(CC(O)CC(O)C(Cl)Cl)c1. The molecule has 0 heterocycles. The van der Waals surface area contributed by atoms with Gasteiger partial charge in [0.15, 0.2) is 0 Å². The molecular weight excluding hydrogens is 279 g/mol. The molecular formula is C12H16Cl2O4. The van der Waals surface area contributed by atoms with Gasteiger partial charge in [-0.05, 0) is 24.1 Å². The van der Waals surface area contributed by atoms with Crippen LogP contribution in [0.4, 0.5) is 0 Å². The number of ether oxygens (including phenoxy) is 1. The zero-order valence-electron chi connectivity index (χ0n) is 9.88. The first kappa shape index (κ1) is 15.4. The van der Waals surface area contributed by atoms with Crippen LogP contribution >= 0.6 is 23.2 Å². The summed E-state index contributed by atoms with van der Waals surface area (Å²) in [5, 5.41) is 28.7. The molecule has 0 aliphatic rings. The minimum Gasteiger partial charge on any atom is -0.508 e. The average molecular weight is 295 g/mol. The highest BCUT2D eigenvalue weighted by Crippen LogP contribution is 2.23. The summed E-state index contributed by atoms with van der Waals surface area (Å²) >= 11 is 11.0. The van der Waals surface area contributed by atoms with Crippen molar-refractivity contribution < 1.29 is 20.1 Å². The molecule has 0 spiro atoms. The molecule has 0 aliphatic carbocycles. The van der Waals surface area contributed by atoms with Gasteiger partial charge in [0.25, 0.3) is 0 Å². The zero-order chi connectivity index (χ0) is 13.7. The normalized spacial score (nSPS) is 14.6. The third-order valence-corrected chi connectivity index (χ3v) is 3.04. The van der Waals surface area contributed by atoms with E-state index < -0.39 is 17.0 Å². The molecule has 0 fully saturated rings. The third-order valence-electron chi connectivity index (χ3n) is 2.46. The van der Waals surface area contributed by atoms with E-state index in [0.29, 0.717) is 11.3 Å². The molecule has 1 rings (SSSR count). The molecule has 0 bridgehead atoms. The molecule has 1 aromatic carbocycles. The fourth-order valence-electron chi connectivity index (χ4n) is 1.62. The van der Waals surface area contributed by atoms with Crippen LogP contribution < -0.4 is 4.74 Å². The summed E-state index contributed by atoms with van der Waals surface area (Å²) in [6.07, 6.45) is -1.45. The number of halogens is 2. The van der Waals surface area contributed by atoms with Crippen molar-refractivity contribution in [3.05, 3.63) is 23.8 Å². The Hall–Kier alpha value is -0.680. The summed E-state index contributed by atoms with van der Waals surface area (Å²) in [4.78, 5) is -0.932. The Morgan fingerprint density at radius 1 is 1.22 bits per heavy atom. The number of alkyl halides is 2. The zero-order valence-corrected chi connectivity index (χ0v) is 11.4. The van der Waals surface area contributed by atoms with Crippen molar-refractivity contribution in [2.75, 3.05) is 7.11 Å². The second-order valence-electron chi connectivity index (χ2n) is 4.03. The topological polar surface area (TPSA) is 69.9 Å². The van der Waals surface area contributed by atoms with Crippen molar-refractivity contribution in [2.24, 2.45) is 0 Å². The highest BCUT2D eigenvalue weighted by atomic mass is 35.5. The molecule has 4 nitrogen and oxygen atoms in total. The quantitative estimate of drug-likeness (QED) is 0.701. The Balaban J connectivity index is 2.63. The second-order valence-corrected chi connectivity index (χ2v) is 5.20. The molecule has 18 heavy (non-hydrogen) atoms. The lowest BCUT2D eigenvalue weighted by molar-refractivity contribution is 0.0878. The van der Waals surface area contributed by atoms with Crippen molar-refractivity contribution >= 4 is 23.2 Å². The van der Waals surface area contributed by atoms with Crippen molar-refractivity contribution in [1.29, 1.82) is 0 Å². The number of aromatic hydroxyl groups is 1. The van der Waals surface area contributed by atoms with Crippen LogP contribution in [0.15, 0.2) is 18.2 Å². The molecule has 0 aromatic heterocycles. The highest BCUT2D eigenvalue weighted by molar-refractivity contribution is 6.44. The van der Waals surface area contributed by atoms with Crippen molar-refractivity contribution in [1.82, 2.24) is 0 Å². The summed E-state index contributed by atoms with van der Waals surface area (Å²) in [6.45, 7) is 0. The monoisotopic (exact) mass is 294 g/mol. The summed E-state index contributed by atoms with van der Waals surface area (Å²) in [7, 11) is 1.49. The molecule has 2 atom stereocenters. The smallest absolute Gasteiger partial charge is 0.133 e. The Labute approximate surface area is 116 Å². The maximum Gasteiger partial charge on any atom is 0.133 e. The van der Waals surface area contributed by atoms with E-state index >= 15 is 0 Å². The van der Waals surface area contributed by atoms with Gasteiger partial charge in [0.05, 0.1) is 19.3 Å². The van der Waals surface area contributed by atoms with E-state index in [4.69, 9.17) is 27.9 Å². The van der Waals surface area contributed by atoms with Crippen LogP contribution in [-0.4, -0.2) is 39.5 Å². The van der Waals surface area contributed by atoms with Crippen LogP contribution in [0.2, 0.25) is 0 Å². The summed E-state index contributed by atoms with van der Waals surface area (Å²) in [5.41, 5.74) is 0.701. The van der Waals surface area contributed by atoms with Gasteiger partial charge < -0.3 is 20.1 Å². The van der Waals surface area contributed by atoms with Gasteiger partial charge in [-0.1, -0.05) is 0 Å². The lowest BCUT2D eigenvalue weighted by atomic mass is 10.0. The lowest BCUT2D eigenvalue weighted by Gasteiger charge is -2.16. The molecule has 0 saturated heterocycles. The minimum absolute atomic E-state index is 0.0599. The molecule has 0 saturated carbocycles. The second kappa shape index (κ2) is 7.04. The number of hydrogen-bond donors (Lipinski definition) is 3. The van der Waals surface area contributed by atoms with Crippen molar-refractivity contribution in [3.63, 3.8) is 0 Å². The molecule has 0 amide bonds. The maximum absolute atomic E-state index is 9.78. The van der Waals surface area contributed by atoms with Gasteiger partial charge in [-0.25, -0.2) is 0 Å². The van der Waals surface area contributed by atoms with Crippen LogP contribution in [-0.2, 0) is 6.42 Å². The highest BCUT2D eigenvalue weighted by Gasteiger charge is 2.18.